The van der Waals surface area contributed by atoms with E-state index in [9.17, 15) is 18.0 Å². The van der Waals surface area contributed by atoms with Gasteiger partial charge in [0.15, 0.2) is 0 Å². The molecule has 1 saturated heterocycles. The fourth-order valence-corrected chi connectivity index (χ4v) is 4.34. The lowest BCUT2D eigenvalue weighted by molar-refractivity contribution is -0.122. The molecule has 1 aromatic heterocycles. The van der Waals surface area contributed by atoms with Gasteiger partial charge in [0.2, 0.25) is 15.9 Å². The Hall–Kier alpha value is -1.65. The van der Waals surface area contributed by atoms with Gasteiger partial charge in [0, 0.05) is 24.0 Å². The van der Waals surface area contributed by atoms with E-state index in [1.807, 2.05) is 17.5 Å². The number of hydrogen-bond acceptors (Lipinski definition) is 5. The van der Waals surface area contributed by atoms with Gasteiger partial charge in [0.25, 0.3) is 0 Å². The number of nitrogens with zero attached hydrogens (tertiary/aromatic N) is 1. The molecular formula is C14H22N4O4S2. The van der Waals surface area contributed by atoms with Crippen molar-refractivity contribution < 1.29 is 18.0 Å². The van der Waals surface area contributed by atoms with E-state index in [1.54, 1.807) is 0 Å². The van der Waals surface area contributed by atoms with Crippen LogP contribution >= 0.6 is 11.3 Å². The Balaban J connectivity index is 1.87. The summed E-state index contributed by atoms with van der Waals surface area (Å²) in [5, 5.41) is 7.35. The molecule has 134 valence electrons. The number of piperidine rings is 1. The van der Waals surface area contributed by atoms with Crippen LogP contribution in [0.1, 0.15) is 30.2 Å². The highest BCUT2D eigenvalue weighted by atomic mass is 32.2. The van der Waals surface area contributed by atoms with Crippen LogP contribution in [0.2, 0.25) is 0 Å². The van der Waals surface area contributed by atoms with Crippen LogP contribution in [-0.2, 0) is 14.8 Å². The first-order chi connectivity index (χ1) is 11.3. The summed E-state index contributed by atoms with van der Waals surface area (Å²) in [4.78, 5) is 24.2. The van der Waals surface area contributed by atoms with Gasteiger partial charge in [0.05, 0.1) is 18.7 Å². The SMILES string of the molecule is CS(=O)(=O)N1CCC(NC(=O)CC(NC(N)=O)c2cccs2)CC1. The number of urea groups is 1. The number of carbonyl (C=O) groups is 2. The topological polar surface area (TPSA) is 122 Å². The predicted molar refractivity (Wildman–Crippen MR) is 92.0 cm³/mol. The fourth-order valence-electron chi connectivity index (χ4n) is 2.69. The lowest BCUT2D eigenvalue weighted by Gasteiger charge is -2.31. The van der Waals surface area contributed by atoms with E-state index in [2.05, 4.69) is 10.6 Å². The highest BCUT2D eigenvalue weighted by Gasteiger charge is 2.26. The molecule has 10 heteroatoms. The summed E-state index contributed by atoms with van der Waals surface area (Å²) >= 11 is 1.44. The molecule has 2 rings (SSSR count). The Morgan fingerprint density at radius 3 is 2.58 bits per heavy atom. The number of thiophene rings is 1. The molecule has 0 aromatic carbocycles. The standard InChI is InChI=1S/C14H22N4O4S2/c1-24(21,22)18-6-4-10(5-7-18)16-13(19)9-11(17-14(15)20)12-3-2-8-23-12/h2-3,8,10-11H,4-7,9H2,1H3,(H,16,19)(H3,15,17,20). The third-order valence-electron chi connectivity index (χ3n) is 3.88. The third kappa shape index (κ3) is 5.46. The van der Waals surface area contributed by atoms with Crippen molar-refractivity contribution in [1.29, 1.82) is 0 Å². The van der Waals surface area contributed by atoms with E-state index >= 15 is 0 Å². The molecule has 0 aliphatic carbocycles. The van der Waals surface area contributed by atoms with E-state index in [0.717, 1.165) is 4.88 Å². The molecule has 24 heavy (non-hydrogen) atoms. The number of nitrogens with two attached hydrogens (primary N) is 1. The average Bonchev–Trinajstić information content (AvgIpc) is 2.99. The van der Waals surface area contributed by atoms with Crippen LogP contribution in [-0.4, -0.2) is 50.0 Å². The van der Waals surface area contributed by atoms with E-state index < -0.39 is 22.1 Å². The number of carbonyl (C=O) groups excluding carboxylic acids is 2. The van der Waals surface area contributed by atoms with Gasteiger partial charge < -0.3 is 16.4 Å². The third-order valence-corrected chi connectivity index (χ3v) is 6.17. The molecule has 2 heterocycles. The van der Waals surface area contributed by atoms with Crippen LogP contribution in [0.4, 0.5) is 4.79 Å². The van der Waals surface area contributed by atoms with Crippen LogP contribution in [0.3, 0.4) is 0 Å². The van der Waals surface area contributed by atoms with Gasteiger partial charge in [-0.1, -0.05) is 6.07 Å². The number of sulfonamides is 1. The molecular weight excluding hydrogens is 352 g/mol. The Kier molecular flexibility index (Phi) is 6.19. The molecule has 0 spiro atoms. The van der Waals surface area contributed by atoms with E-state index in [0.29, 0.717) is 25.9 Å². The maximum atomic E-state index is 12.2. The van der Waals surface area contributed by atoms with Gasteiger partial charge in [0.1, 0.15) is 0 Å². The van der Waals surface area contributed by atoms with Gasteiger partial charge in [-0.3, -0.25) is 4.79 Å². The molecule has 8 nitrogen and oxygen atoms in total. The molecule has 1 fully saturated rings. The molecule has 1 unspecified atom stereocenters. The van der Waals surface area contributed by atoms with Gasteiger partial charge in [-0.25, -0.2) is 17.5 Å². The number of primary amides is 1. The predicted octanol–water partition coefficient (Wildman–Crippen LogP) is 0.388. The zero-order chi connectivity index (χ0) is 17.7. The zero-order valence-corrected chi connectivity index (χ0v) is 15.0. The molecule has 4 N–H and O–H groups in total. The van der Waals surface area contributed by atoms with Crippen molar-refractivity contribution in [3.05, 3.63) is 22.4 Å². The smallest absolute Gasteiger partial charge is 0.312 e. The van der Waals surface area contributed by atoms with Crippen LogP contribution < -0.4 is 16.4 Å². The van der Waals surface area contributed by atoms with Crippen molar-refractivity contribution in [3.8, 4) is 0 Å². The molecule has 0 saturated carbocycles. The van der Waals surface area contributed by atoms with Gasteiger partial charge in [-0.15, -0.1) is 11.3 Å². The largest absolute Gasteiger partial charge is 0.353 e. The molecule has 1 aliphatic rings. The Labute approximate surface area is 145 Å². The summed E-state index contributed by atoms with van der Waals surface area (Å²) in [6, 6.07) is 2.48. The highest BCUT2D eigenvalue weighted by molar-refractivity contribution is 7.88. The maximum absolute atomic E-state index is 12.2. The maximum Gasteiger partial charge on any atom is 0.312 e. The lowest BCUT2D eigenvalue weighted by Crippen LogP contribution is -2.47. The second-order valence-electron chi connectivity index (χ2n) is 5.78. The molecule has 1 aliphatic heterocycles. The van der Waals surface area contributed by atoms with E-state index in [-0.39, 0.29) is 18.4 Å². The molecule has 1 atom stereocenters. The van der Waals surface area contributed by atoms with Crippen molar-refractivity contribution in [2.75, 3.05) is 19.3 Å². The summed E-state index contributed by atoms with van der Waals surface area (Å²) < 4.78 is 24.4. The minimum atomic E-state index is -3.18. The Morgan fingerprint density at radius 2 is 2.08 bits per heavy atom. The summed E-state index contributed by atoms with van der Waals surface area (Å²) in [6.07, 6.45) is 2.43. The molecule has 1 aromatic rings. The van der Waals surface area contributed by atoms with Gasteiger partial charge in [-0.05, 0) is 24.3 Å². The van der Waals surface area contributed by atoms with Crippen molar-refractivity contribution in [3.63, 3.8) is 0 Å². The van der Waals surface area contributed by atoms with Gasteiger partial charge in [-0.2, -0.15) is 0 Å². The summed E-state index contributed by atoms with van der Waals surface area (Å²) in [6.45, 7) is 0.801. The fraction of sp³-hybridized carbons (Fsp3) is 0.571. The number of nitrogens with one attached hydrogen (secondary N) is 2. The van der Waals surface area contributed by atoms with E-state index in [1.165, 1.54) is 21.9 Å². The van der Waals surface area contributed by atoms with Crippen molar-refractivity contribution >= 4 is 33.3 Å². The first-order valence-electron chi connectivity index (χ1n) is 7.59. The van der Waals surface area contributed by atoms with Crippen LogP contribution in [0, 0.1) is 0 Å². The van der Waals surface area contributed by atoms with Gasteiger partial charge >= 0.3 is 6.03 Å². The first-order valence-corrected chi connectivity index (χ1v) is 10.3. The summed E-state index contributed by atoms with van der Waals surface area (Å²) in [5.74, 6) is -0.194. The molecule has 0 bridgehead atoms. The Bertz CT molecular complexity index is 667. The summed E-state index contributed by atoms with van der Waals surface area (Å²) in [5.41, 5.74) is 5.18. The number of rotatable bonds is 6. The minimum absolute atomic E-state index is 0.0620. The lowest BCUT2D eigenvalue weighted by atomic mass is 10.1. The first kappa shape index (κ1) is 18.7. The van der Waals surface area contributed by atoms with Crippen molar-refractivity contribution in [2.24, 2.45) is 5.73 Å². The quantitative estimate of drug-likeness (QED) is 0.666. The number of amides is 3. The second kappa shape index (κ2) is 7.95. The normalized spacial score (nSPS) is 18.0. The van der Waals surface area contributed by atoms with Crippen LogP contribution in [0.25, 0.3) is 0 Å². The zero-order valence-electron chi connectivity index (χ0n) is 13.4. The molecule has 3 amide bonds. The average molecular weight is 374 g/mol. The van der Waals surface area contributed by atoms with Crippen molar-refractivity contribution in [2.45, 2.75) is 31.3 Å². The van der Waals surface area contributed by atoms with Crippen LogP contribution in [0.15, 0.2) is 17.5 Å². The summed E-state index contributed by atoms with van der Waals surface area (Å²) in [7, 11) is -3.18. The number of hydrogen-bond donors (Lipinski definition) is 3. The van der Waals surface area contributed by atoms with E-state index in [4.69, 9.17) is 5.73 Å². The second-order valence-corrected chi connectivity index (χ2v) is 8.75. The van der Waals surface area contributed by atoms with Crippen molar-refractivity contribution in [1.82, 2.24) is 14.9 Å². The Morgan fingerprint density at radius 1 is 1.42 bits per heavy atom. The minimum Gasteiger partial charge on any atom is -0.353 e. The highest BCUT2D eigenvalue weighted by Crippen LogP contribution is 2.22. The molecule has 0 radical (unpaired) electrons. The van der Waals surface area contributed by atoms with Crippen LogP contribution in [0.5, 0.6) is 0 Å². The monoisotopic (exact) mass is 374 g/mol.